The first-order valence-electron chi connectivity index (χ1n) is 10.2. The number of fused-ring (bicyclic) bond motifs is 1. The Labute approximate surface area is 179 Å². The van der Waals surface area contributed by atoms with Gasteiger partial charge in [-0.15, -0.1) is 0 Å². The molecule has 11 nitrogen and oxygen atoms in total. The highest BCUT2D eigenvalue weighted by Crippen LogP contribution is 2.35. The molecule has 0 radical (unpaired) electrons. The number of aryl methyl sites for hydroxylation is 1. The van der Waals surface area contributed by atoms with E-state index in [0.29, 0.717) is 18.7 Å². The Morgan fingerprint density at radius 2 is 2.16 bits per heavy atom. The number of aromatic nitrogens is 3. The van der Waals surface area contributed by atoms with Crippen LogP contribution in [-0.4, -0.2) is 68.6 Å². The number of aliphatic hydroxyl groups excluding tert-OH is 1. The van der Waals surface area contributed by atoms with Gasteiger partial charge in [-0.3, -0.25) is 9.78 Å². The van der Waals surface area contributed by atoms with Gasteiger partial charge in [0.25, 0.3) is 0 Å². The van der Waals surface area contributed by atoms with Gasteiger partial charge in [-0.25, -0.2) is 9.78 Å². The topological polar surface area (TPSA) is 140 Å². The molecule has 2 aromatic rings. The third kappa shape index (κ3) is 5.19. The number of rotatable bonds is 7. The van der Waals surface area contributed by atoms with Gasteiger partial charge in [-0.2, -0.15) is 0 Å². The first-order chi connectivity index (χ1) is 15.0. The van der Waals surface area contributed by atoms with Crippen LogP contribution in [0.2, 0.25) is 0 Å². The summed E-state index contributed by atoms with van der Waals surface area (Å²) in [6.07, 6.45) is 4.72. The van der Waals surface area contributed by atoms with Crippen molar-refractivity contribution in [3.63, 3.8) is 0 Å². The molecule has 4 rings (SSSR count). The predicted molar refractivity (Wildman–Crippen MR) is 109 cm³/mol. The van der Waals surface area contributed by atoms with Crippen LogP contribution < -0.4 is 16.0 Å². The molecule has 166 valence electrons. The average Bonchev–Trinajstić information content (AvgIpc) is 3.42. The minimum atomic E-state index is -0.885. The highest BCUT2D eigenvalue weighted by molar-refractivity contribution is 5.88. The number of carbonyl (C=O) groups excluding carboxylic acids is 2. The number of imidazole rings is 1. The van der Waals surface area contributed by atoms with Gasteiger partial charge < -0.3 is 35.1 Å². The molecule has 11 heteroatoms. The lowest BCUT2D eigenvalue weighted by molar-refractivity contribution is -0.125. The standard InChI is InChI=1S/C20H26N6O5/c1-26-6-5-22-16(26)11-23-17(27)8-13-7-14-19(30-13)18(28)15(31-14)10-24-20(29)25-12-3-2-4-21-9-12/h2-6,9,13-15,18-19,28H,7-8,10-11H2,1H3,(H,23,27)(H2,24,25,29). The molecule has 0 bridgehead atoms. The van der Waals surface area contributed by atoms with E-state index in [1.54, 1.807) is 24.5 Å². The van der Waals surface area contributed by atoms with Crippen molar-refractivity contribution in [2.45, 2.75) is 49.9 Å². The van der Waals surface area contributed by atoms with Crippen LogP contribution in [0.1, 0.15) is 18.7 Å². The molecule has 3 amide bonds. The van der Waals surface area contributed by atoms with Gasteiger partial charge in [0.1, 0.15) is 24.1 Å². The molecule has 5 atom stereocenters. The number of nitrogens with one attached hydrogen (secondary N) is 3. The van der Waals surface area contributed by atoms with Gasteiger partial charge in [-0.05, 0) is 12.1 Å². The van der Waals surface area contributed by atoms with E-state index in [9.17, 15) is 14.7 Å². The number of ether oxygens (including phenoxy) is 2. The number of pyridine rings is 1. The Bertz CT molecular complexity index is 906. The summed E-state index contributed by atoms with van der Waals surface area (Å²) in [5.41, 5.74) is 0.567. The van der Waals surface area contributed by atoms with E-state index in [1.807, 2.05) is 17.8 Å². The lowest BCUT2D eigenvalue weighted by Gasteiger charge is -2.20. The fraction of sp³-hybridized carbons (Fsp3) is 0.500. The van der Waals surface area contributed by atoms with Crippen LogP contribution in [0.25, 0.3) is 0 Å². The van der Waals surface area contributed by atoms with E-state index < -0.39 is 24.3 Å². The van der Waals surface area contributed by atoms with Crippen LogP contribution in [0.3, 0.4) is 0 Å². The minimum Gasteiger partial charge on any atom is -0.388 e. The van der Waals surface area contributed by atoms with Crippen LogP contribution >= 0.6 is 0 Å². The monoisotopic (exact) mass is 430 g/mol. The van der Waals surface area contributed by atoms with E-state index in [1.165, 1.54) is 6.20 Å². The number of hydrogen-bond donors (Lipinski definition) is 4. The fourth-order valence-corrected chi connectivity index (χ4v) is 3.84. The molecule has 2 fully saturated rings. The Kier molecular flexibility index (Phi) is 6.44. The number of urea groups is 1. The maximum atomic E-state index is 12.2. The minimum absolute atomic E-state index is 0.137. The maximum Gasteiger partial charge on any atom is 0.319 e. The van der Waals surface area contributed by atoms with E-state index in [4.69, 9.17) is 9.47 Å². The molecule has 0 aromatic carbocycles. The highest BCUT2D eigenvalue weighted by Gasteiger charge is 2.50. The zero-order chi connectivity index (χ0) is 21.8. The molecule has 0 spiro atoms. The third-order valence-corrected chi connectivity index (χ3v) is 5.44. The molecule has 2 saturated heterocycles. The van der Waals surface area contributed by atoms with Gasteiger partial charge in [0.2, 0.25) is 5.91 Å². The number of anilines is 1. The van der Waals surface area contributed by atoms with Crippen LogP contribution in [0.5, 0.6) is 0 Å². The largest absolute Gasteiger partial charge is 0.388 e. The molecule has 4 N–H and O–H groups in total. The van der Waals surface area contributed by atoms with Crippen molar-refractivity contribution in [3.05, 3.63) is 42.7 Å². The quantitative estimate of drug-likeness (QED) is 0.482. The average molecular weight is 430 g/mol. The number of amides is 3. The first kappa shape index (κ1) is 21.2. The lowest BCUT2D eigenvalue weighted by Crippen LogP contribution is -2.42. The molecular formula is C20H26N6O5. The Morgan fingerprint density at radius 3 is 2.87 bits per heavy atom. The molecule has 5 unspecified atom stereocenters. The zero-order valence-electron chi connectivity index (χ0n) is 17.1. The van der Waals surface area contributed by atoms with Crippen molar-refractivity contribution < 1.29 is 24.2 Å². The van der Waals surface area contributed by atoms with E-state index in [0.717, 1.165) is 5.82 Å². The molecule has 0 aliphatic carbocycles. The summed E-state index contributed by atoms with van der Waals surface area (Å²) in [4.78, 5) is 32.3. The van der Waals surface area contributed by atoms with Crippen LogP contribution in [0, 0.1) is 0 Å². The Hall–Kier alpha value is -3.02. The van der Waals surface area contributed by atoms with Crippen LogP contribution in [0.15, 0.2) is 36.9 Å². The summed E-state index contributed by atoms with van der Waals surface area (Å²) in [6.45, 7) is 0.480. The summed E-state index contributed by atoms with van der Waals surface area (Å²) in [5, 5.41) is 18.7. The van der Waals surface area contributed by atoms with Gasteiger partial charge in [0.05, 0.1) is 37.1 Å². The summed E-state index contributed by atoms with van der Waals surface area (Å²) in [7, 11) is 1.86. The van der Waals surface area contributed by atoms with Crippen molar-refractivity contribution in [2.24, 2.45) is 7.05 Å². The predicted octanol–water partition coefficient (Wildman–Crippen LogP) is -0.0711. The third-order valence-electron chi connectivity index (χ3n) is 5.44. The molecular weight excluding hydrogens is 404 g/mol. The van der Waals surface area contributed by atoms with E-state index in [2.05, 4.69) is 25.9 Å². The second kappa shape index (κ2) is 9.41. The number of aliphatic hydroxyl groups is 1. The van der Waals surface area contributed by atoms with Gasteiger partial charge in [0, 0.05) is 38.6 Å². The smallest absolute Gasteiger partial charge is 0.319 e. The molecule has 2 aromatic heterocycles. The molecule has 2 aliphatic heterocycles. The summed E-state index contributed by atoms with van der Waals surface area (Å²) >= 11 is 0. The Morgan fingerprint density at radius 1 is 1.29 bits per heavy atom. The van der Waals surface area contributed by atoms with Gasteiger partial charge in [-0.1, -0.05) is 0 Å². The van der Waals surface area contributed by atoms with Crippen molar-refractivity contribution in [3.8, 4) is 0 Å². The first-order valence-corrected chi connectivity index (χ1v) is 10.2. The van der Waals surface area contributed by atoms with Crippen LogP contribution in [0.4, 0.5) is 10.5 Å². The summed E-state index contributed by atoms with van der Waals surface area (Å²) in [6, 6.07) is 3.02. The normalized spacial score (nSPS) is 27.0. The molecule has 4 heterocycles. The fourth-order valence-electron chi connectivity index (χ4n) is 3.84. The number of hydrogen-bond acceptors (Lipinski definition) is 7. The zero-order valence-corrected chi connectivity index (χ0v) is 17.1. The van der Waals surface area contributed by atoms with Crippen molar-refractivity contribution in [2.75, 3.05) is 11.9 Å². The number of carbonyl (C=O) groups is 2. The van der Waals surface area contributed by atoms with Crippen LogP contribution in [-0.2, 0) is 27.9 Å². The second-order valence-electron chi connectivity index (χ2n) is 7.67. The number of nitrogens with zero attached hydrogens (tertiary/aromatic N) is 3. The molecule has 0 saturated carbocycles. The van der Waals surface area contributed by atoms with E-state index >= 15 is 0 Å². The van der Waals surface area contributed by atoms with Gasteiger partial charge in [0.15, 0.2) is 0 Å². The van der Waals surface area contributed by atoms with Gasteiger partial charge >= 0.3 is 6.03 Å². The second-order valence-corrected chi connectivity index (χ2v) is 7.67. The summed E-state index contributed by atoms with van der Waals surface area (Å²) in [5.74, 6) is 0.618. The summed E-state index contributed by atoms with van der Waals surface area (Å²) < 4.78 is 13.6. The van der Waals surface area contributed by atoms with Crippen molar-refractivity contribution in [1.82, 2.24) is 25.2 Å². The van der Waals surface area contributed by atoms with Crippen molar-refractivity contribution >= 4 is 17.6 Å². The highest BCUT2D eigenvalue weighted by atomic mass is 16.6. The van der Waals surface area contributed by atoms with E-state index in [-0.39, 0.29) is 31.1 Å². The maximum absolute atomic E-state index is 12.2. The van der Waals surface area contributed by atoms with Crippen molar-refractivity contribution in [1.29, 1.82) is 0 Å². The SMILES string of the molecule is Cn1ccnc1CNC(=O)CC1CC2OC(CNC(=O)Nc3cccnc3)C(O)C2O1. The molecule has 31 heavy (non-hydrogen) atoms. The molecule has 2 aliphatic rings. The lowest BCUT2D eigenvalue weighted by atomic mass is 10.1. The Balaban J connectivity index is 1.18.